The maximum Gasteiger partial charge on any atom is 0.165 e. The first kappa shape index (κ1) is 21.2. The van der Waals surface area contributed by atoms with E-state index < -0.39 is 0 Å². The first-order chi connectivity index (χ1) is 13.9. The van der Waals surface area contributed by atoms with Crippen LogP contribution in [0.15, 0.2) is 40.3 Å². The summed E-state index contributed by atoms with van der Waals surface area (Å²) in [6, 6.07) is 12.4. The molecule has 0 fully saturated rings. The molecule has 0 aliphatic carbocycles. The average molecular weight is 421 g/mol. The number of nitriles is 2. The number of thioether (sulfide) groups is 1. The lowest BCUT2D eigenvalue weighted by molar-refractivity contribution is 0.568. The first-order valence-electron chi connectivity index (χ1n) is 9.67. The van der Waals surface area contributed by atoms with Crippen molar-refractivity contribution in [3.05, 3.63) is 50.3 Å². The van der Waals surface area contributed by atoms with Crippen molar-refractivity contribution in [3.63, 3.8) is 0 Å². The number of hydrogen-bond donors (Lipinski definition) is 0. The highest BCUT2D eigenvalue weighted by atomic mass is 32.2. The van der Waals surface area contributed by atoms with Crippen molar-refractivity contribution < 1.29 is 0 Å². The Balaban J connectivity index is 2.11. The Bertz CT molecular complexity index is 1120. The number of unbranched alkanes of at least 4 members (excludes halogenated alkanes) is 1. The van der Waals surface area contributed by atoms with Crippen LogP contribution in [0.4, 0.5) is 5.69 Å². The molecule has 2 aromatic rings. The van der Waals surface area contributed by atoms with Crippen LogP contribution in [0.25, 0.3) is 11.6 Å². The van der Waals surface area contributed by atoms with E-state index in [1.54, 1.807) is 11.8 Å². The van der Waals surface area contributed by atoms with E-state index in [0.717, 1.165) is 29.6 Å². The van der Waals surface area contributed by atoms with Crippen LogP contribution in [0.2, 0.25) is 0 Å². The summed E-state index contributed by atoms with van der Waals surface area (Å²) in [6.07, 6.45) is 6.51. The Morgan fingerprint density at radius 2 is 1.90 bits per heavy atom. The molecular weight excluding hydrogens is 396 g/mol. The zero-order valence-corrected chi connectivity index (χ0v) is 18.8. The summed E-state index contributed by atoms with van der Waals surface area (Å²) >= 11 is 3.19. The van der Waals surface area contributed by atoms with Crippen LogP contribution >= 0.6 is 23.1 Å². The fraction of sp³-hybridized carbons (Fsp3) is 0.348. The van der Waals surface area contributed by atoms with Crippen molar-refractivity contribution in [3.8, 4) is 12.1 Å². The summed E-state index contributed by atoms with van der Waals surface area (Å²) in [7, 11) is 0. The van der Waals surface area contributed by atoms with E-state index in [2.05, 4.69) is 74.0 Å². The molecule has 1 aromatic heterocycles. The number of allylic oxidation sites excluding steroid dienone is 1. The van der Waals surface area contributed by atoms with Crippen LogP contribution in [0.3, 0.4) is 0 Å². The Morgan fingerprint density at radius 3 is 2.55 bits per heavy atom. The van der Waals surface area contributed by atoms with Gasteiger partial charge in [-0.2, -0.15) is 10.5 Å². The second-order valence-electron chi connectivity index (χ2n) is 7.83. The molecule has 2 heterocycles. The van der Waals surface area contributed by atoms with Gasteiger partial charge in [-0.15, -0.1) is 11.3 Å². The minimum absolute atomic E-state index is 0.0695. The van der Waals surface area contributed by atoms with Gasteiger partial charge in [0.25, 0.3) is 0 Å². The summed E-state index contributed by atoms with van der Waals surface area (Å²) in [4.78, 5) is 8.28. The summed E-state index contributed by atoms with van der Waals surface area (Å²) in [5.41, 5.74) is 2.07. The zero-order chi connectivity index (χ0) is 21.0. The molecule has 0 saturated heterocycles. The van der Waals surface area contributed by atoms with Crippen LogP contribution in [-0.2, 0) is 5.41 Å². The molecule has 148 valence electrons. The molecule has 1 aromatic carbocycles. The van der Waals surface area contributed by atoms with Gasteiger partial charge in [-0.3, -0.25) is 0 Å². The van der Waals surface area contributed by atoms with E-state index in [0.29, 0.717) is 4.66 Å². The third-order valence-corrected chi connectivity index (χ3v) is 6.72. The fourth-order valence-corrected chi connectivity index (χ4v) is 5.29. The number of hydrogen-bond acceptors (Lipinski definition) is 6. The van der Waals surface area contributed by atoms with Gasteiger partial charge in [0.1, 0.15) is 16.8 Å². The molecule has 6 heteroatoms. The van der Waals surface area contributed by atoms with Gasteiger partial charge in [-0.25, -0.2) is 4.98 Å². The summed E-state index contributed by atoms with van der Waals surface area (Å²) in [5.74, 6) is 0. The smallest absolute Gasteiger partial charge is 0.165 e. The lowest BCUT2D eigenvalue weighted by atomic mass is 9.92. The topological polar surface area (TPSA) is 63.7 Å². The van der Waals surface area contributed by atoms with Crippen molar-refractivity contribution in [1.82, 2.24) is 4.98 Å². The van der Waals surface area contributed by atoms with Gasteiger partial charge in [0.2, 0.25) is 0 Å². The molecule has 3 rings (SSSR count). The van der Waals surface area contributed by atoms with Crippen LogP contribution in [0, 0.1) is 22.7 Å². The predicted octanol–water partition coefficient (Wildman–Crippen LogP) is 4.67. The molecule has 0 N–H and O–H groups in total. The van der Waals surface area contributed by atoms with Crippen LogP contribution in [0.5, 0.6) is 0 Å². The zero-order valence-electron chi connectivity index (χ0n) is 17.2. The molecule has 0 atom stereocenters. The van der Waals surface area contributed by atoms with Crippen LogP contribution in [0.1, 0.15) is 46.2 Å². The highest BCUT2D eigenvalue weighted by Crippen LogP contribution is 2.45. The van der Waals surface area contributed by atoms with Gasteiger partial charge in [-0.05, 0) is 30.7 Å². The van der Waals surface area contributed by atoms with E-state index in [1.807, 2.05) is 12.1 Å². The van der Waals surface area contributed by atoms with E-state index in [-0.39, 0.29) is 11.0 Å². The normalized spacial score (nSPS) is 15.3. The summed E-state index contributed by atoms with van der Waals surface area (Å²) in [5, 5.41) is 19.6. The highest BCUT2D eigenvalue weighted by molar-refractivity contribution is 8.03. The minimum Gasteiger partial charge on any atom is -0.335 e. The van der Waals surface area contributed by atoms with Gasteiger partial charge >= 0.3 is 0 Å². The Kier molecular flexibility index (Phi) is 6.47. The summed E-state index contributed by atoms with van der Waals surface area (Å²) in [6.45, 7) is 9.49. The number of anilines is 1. The van der Waals surface area contributed by atoms with Crippen molar-refractivity contribution in [1.29, 1.82) is 10.5 Å². The van der Waals surface area contributed by atoms with Gasteiger partial charge in [-0.1, -0.05) is 58.0 Å². The molecule has 0 amide bonds. The molecule has 0 saturated carbocycles. The maximum absolute atomic E-state index is 9.23. The number of nitrogens with zero attached hydrogens (tertiary/aromatic N) is 4. The molecule has 0 spiro atoms. The standard InChI is InChI=1S/C23H24N4S2/c1-5-6-13-27-17-9-7-8-10-18(17)28-20(27)12-11-19-21(23(2,3)4)26-22(29-19)16(14-24)15-25/h7-12H,5-6,13H2,1-4H3/b19-11+,20-12+. The average Bonchev–Trinajstić information content (AvgIpc) is 3.27. The van der Waals surface area contributed by atoms with Gasteiger partial charge < -0.3 is 4.90 Å². The minimum atomic E-state index is -0.178. The van der Waals surface area contributed by atoms with Gasteiger partial charge in [0, 0.05) is 16.9 Å². The molecule has 4 nitrogen and oxygen atoms in total. The largest absolute Gasteiger partial charge is 0.335 e. The van der Waals surface area contributed by atoms with E-state index in [1.165, 1.54) is 26.9 Å². The highest BCUT2D eigenvalue weighted by Gasteiger charge is 2.24. The Morgan fingerprint density at radius 1 is 1.17 bits per heavy atom. The monoisotopic (exact) mass is 420 g/mol. The molecule has 0 radical (unpaired) electrons. The van der Waals surface area contributed by atoms with Crippen molar-refractivity contribution in [2.45, 2.75) is 50.8 Å². The Hall–Kier alpha value is -2.54. The molecule has 0 bridgehead atoms. The SMILES string of the molecule is CCCCN1/C(=C\C=c2\sc(=C(C#N)C#N)nc2C(C)(C)C)Sc2ccccc21. The Labute approximate surface area is 180 Å². The predicted molar refractivity (Wildman–Crippen MR) is 122 cm³/mol. The number of aromatic nitrogens is 1. The van der Waals surface area contributed by atoms with E-state index >= 15 is 0 Å². The third kappa shape index (κ3) is 4.56. The van der Waals surface area contributed by atoms with Crippen molar-refractivity contribution in [2.75, 3.05) is 11.4 Å². The first-order valence-corrected chi connectivity index (χ1v) is 11.3. The lowest BCUT2D eigenvalue weighted by Crippen LogP contribution is -2.21. The number of thiazole rings is 1. The van der Waals surface area contributed by atoms with Crippen molar-refractivity contribution in [2.24, 2.45) is 0 Å². The molecule has 29 heavy (non-hydrogen) atoms. The molecule has 0 unspecified atom stereocenters. The number of fused-ring (bicyclic) bond motifs is 1. The van der Waals surface area contributed by atoms with Crippen LogP contribution < -0.4 is 14.1 Å². The second kappa shape index (κ2) is 8.86. The quantitative estimate of drug-likeness (QED) is 0.719. The number of para-hydroxylation sites is 1. The van der Waals surface area contributed by atoms with Gasteiger partial charge in [0.05, 0.1) is 20.9 Å². The van der Waals surface area contributed by atoms with E-state index in [9.17, 15) is 10.5 Å². The summed E-state index contributed by atoms with van der Waals surface area (Å²) < 4.78 is 1.49. The lowest BCUT2D eigenvalue weighted by Gasteiger charge is -2.19. The van der Waals surface area contributed by atoms with Crippen molar-refractivity contribution >= 4 is 40.4 Å². The second-order valence-corrected chi connectivity index (χ2v) is 9.92. The molecule has 1 aliphatic rings. The maximum atomic E-state index is 9.23. The third-order valence-electron chi connectivity index (χ3n) is 4.55. The van der Waals surface area contributed by atoms with Gasteiger partial charge in [0.15, 0.2) is 5.57 Å². The molecular formula is C23H24N4S2. The number of benzene rings is 1. The number of rotatable bonds is 4. The molecule has 1 aliphatic heterocycles. The van der Waals surface area contributed by atoms with E-state index in [4.69, 9.17) is 0 Å². The van der Waals surface area contributed by atoms with Crippen LogP contribution in [-0.4, -0.2) is 11.5 Å². The fourth-order valence-electron chi connectivity index (χ4n) is 3.08.